The molecule has 0 amide bonds. The number of hydrogen-bond acceptors (Lipinski definition) is 4. The van der Waals surface area contributed by atoms with Crippen molar-refractivity contribution in [3.05, 3.63) is 18.0 Å². The lowest BCUT2D eigenvalue weighted by Crippen LogP contribution is -2.20. The number of rotatable bonds is 4. The predicted octanol–water partition coefficient (Wildman–Crippen LogP) is 3.22. The van der Waals surface area contributed by atoms with Gasteiger partial charge in [-0.1, -0.05) is 34.6 Å². The minimum atomic E-state index is -0.453. The van der Waals surface area contributed by atoms with Crippen LogP contribution >= 0.6 is 0 Å². The first-order valence-corrected chi connectivity index (χ1v) is 6.80. The SMILES string of the molecule is CC(C)COc1cnc2[nH]cc(C(=O)C(C)(C)C)c2n1. The molecule has 0 aromatic carbocycles. The third-order valence-corrected chi connectivity index (χ3v) is 2.85. The Kier molecular flexibility index (Phi) is 3.79. The summed E-state index contributed by atoms with van der Waals surface area (Å²) in [6, 6.07) is 0. The van der Waals surface area contributed by atoms with Gasteiger partial charge in [-0.2, -0.15) is 0 Å². The Labute approximate surface area is 118 Å². The van der Waals surface area contributed by atoms with Crippen LogP contribution in [0.25, 0.3) is 11.2 Å². The molecule has 5 heteroatoms. The molecule has 20 heavy (non-hydrogen) atoms. The van der Waals surface area contributed by atoms with Crippen molar-refractivity contribution in [1.29, 1.82) is 0 Å². The third-order valence-electron chi connectivity index (χ3n) is 2.85. The van der Waals surface area contributed by atoms with E-state index in [2.05, 4.69) is 28.8 Å². The molecule has 0 aliphatic rings. The van der Waals surface area contributed by atoms with Gasteiger partial charge in [0.05, 0.1) is 18.4 Å². The Hall–Kier alpha value is -1.91. The molecule has 0 radical (unpaired) electrons. The highest BCUT2D eigenvalue weighted by atomic mass is 16.5. The summed E-state index contributed by atoms with van der Waals surface area (Å²) in [5, 5.41) is 0. The number of H-pyrrole nitrogens is 1. The molecule has 0 atom stereocenters. The van der Waals surface area contributed by atoms with Crippen molar-refractivity contribution < 1.29 is 9.53 Å². The van der Waals surface area contributed by atoms with Crippen LogP contribution in [-0.2, 0) is 0 Å². The molecule has 2 heterocycles. The average molecular weight is 275 g/mol. The molecule has 0 aliphatic heterocycles. The maximum Gasteiger partial charge on any atom is 0.233 e. The molecule has 2 aromatic rings. The Morgan fingerprint density at radius 2 is 2.10 bits per heavy atom. The first-order chi connectivity index (χ1) is 9.29. The highest BCUT2D eigenvalue weighted by Gasteiger charge is 2.26. The minimum Gasteiger partial charge on any atom is -0.476 e. The Morgan fingerprint density at radius 3 is 2.70 bits per heavy atom. The number of aromatic nitrogens is 3. The van der Waals surface area contributed by atoms with E-state index >= 15 is 0 Å². The molecule has 1 N–H and O–H groups in total. The molecular weight excluding hydrogens is 254 g/mol. The van der Waals surface area contributed by atoms with Gasteiger partial charge in [-0.15, -0.1) is 0 Å². The fraction of sp³-hybridized carbons (Fsp3) is 0.533. The van der Waals surface area contributed by atoms with Crippen LogP contribution < -0.4 is 4.74 Å². The molecule has 0 saturated heterocycles. The van der Waals surface area contributed by atoms with Crippen molar-refractivity contribution in [2.24, 2.45) is 11.3 Å². The summed E-state index contributed by atoms with van der Waals surface area (Å²) in [5.74, 6) is 0.905. The zero-order valence-corrected chi connectivity index (χ0v) is 12.7. The number of nitrogens with one attached hydrogen (secondary N) is 1. The van der Waals surface area contributed by atoms with E-state index in [1.54, 1.807) is 12.4 Å². The number of ether oxygens (including phenoxy) is 1. The summed E-state index contributed by atoms with van der Waals surface area (Å²) < 4.78 is 5.57. The smallest absolute Gasteiger partial charge is 0.233 e. The van der Waals surface area contributed by atoms with Crippen LogP contribution in [-0.4, -0.2) is 27.3 Å². The Morgan fingerprint density at radius 1 is 1.40 bits per heavy atom. The van der Waals surface area contributed by atoms with E-state index in [4.69, 9.17) is 4.74 Å². The van der Waals surface area contributed by atoms with Crippen LogP contribution in [0.4, 0.5) is 0 Å². The maximum atomic E-state index is 12.4. The molecule has 0 bridgehead atoms. The van der Waals surface area contributed by atoms with Gasteiger partial charge in [-0.25, -0.2) is 9.97 Å². The maximum absolute atomic E-state index is 12.4. The summed E-state index contributed by atoms with van der Waals surface area (Å²) >= 11 is 0. The second kappa shape index (κ2) is 5.23. The van der Waals surface area contributed by atoms with E-state index < -0.39 is 5.41 Å². The van der Waals surface area contributed by atoms with Gasteiger partial charge in [0, 0.05) is 11.6 Å². The van der Waals surface area contributed by atoms with Crippen molar-refractivity contribution in [3.8, 4) is 5.88 Å². The molecule has 0 fully saturated rings. The largest absolute Gasteiger partial charge is 0.476 e. The summed E-state index contributed by atoms with van der Waals surface area (Å²) in [6.45, 7) is 10.4. The van der Waals surface area contributed by atoms with Crippen LogP contribution in [0.2, 0.25) is 0 Å². The van der Waals surface area contributed by atoms with Crippen molar-refractivity contribution in [3.63, 3.8) is 0 Å². The summed E-state index contributed by atoms with van der Waals surface area (Å²) in [6.07, 6.45) is 3.25. The molecule has 2 aromatic heterocycles. The first-order valence-electron chi connectivity index (χ1n) is 6.80. The quantitative estimate of drug-likeness (QED) is 0.870. The molecular formula is C15H21N3O2. The van der Waals surface area contributed by atoms with Crippen LogP contribution in [0, 0.1) is 11.3 Å². The van der Waals surface area contributed by atoms with Gasteiger partial charge in [0.15, 0.2) is 11.4 Å². The van der Waals surface area contributed by atoms with Crippen molar-refractivity contribution >= 4 is 16.9 Å². The lowest BCUT2D eigenvalue weighted by atomic mass is 9.87. The fourth-order valence-electron chi connectivity index (χ4n) is 1.77. The van der Waals surface area contributed by atoms with E-state index in [1.165, 1.54) is 0 Å². The minimum absolute atomic E-state index is 0.0408. The number of ketones is 1. The standard InChI is InChI=1S/C15H21N3O2/c1-9(2)8-20-11-7-17-14-12(18-11)10(6-16-14)13(19)15(3,4)5/h6-7,9H,8H2,1-5H3,(H,16,17). The zero-order valence-electron chi connectivity index (χ0n) is 12.7. The lowest BCUT2D eigenvalue weighted by molar-refractivity contribution is 0.0860. The number of hydrogen-bond donors (Lipinski definition) is 1. The van der Waals surface area contributed by atoms with Crippen molar-refractivity contribution in [2.45, 2.75) is 34.6 Å². The molecule has 5 nitrogen and oxygen atoms in total. The van der Waals surface area contributed by atoms with Gasteiger partial charge in [0.2, 0.25) is 5.88 Å². The normalized spacial score (nSPS) is 12.1. The van der Waals surface area contributed by atoms with E-state index in [1.807, 2.05) is 20.8 Å². The van der Waals surface area contributed by atoms with Gasteiger partial charge >= 0.3 is 0 Å². The van der Waals surface area contributed by atoms with Gasteiger partial charge in [-0.3, -0.25) is 4.79 Å². The molecule has 0 unspecified atom stereocenters. The second-order valence-electron chi connectivity index (χ2n) is 6.39. The van der Waals surface area contributed by atoms with Crippen molar-refractivity contribution in [2.75, 3.05) is 6.61 Å². The average Bonchev–Trinajstić information content (AvgIpc) is 2.77. The van der Waals surface area contributed by atoms with Gasteiger partial charge in [0.1, 0.15) is 5.52 Å². The Bertz CT molecular complexity index is 624. The lowest BCUT2D eigenvalue weighted by Gasteiger charge is -2.15. The Balaban J connectivity index is 2.38. The summed E-state index contributed by atoms with van der Waals surface area (Å²) in [4.78, 5) is 24.0. The number of Topliss-reactive ketones (excluding diaryl/α,β-unsaturated/α-hetero) is 1. The van der Waals surface area contributed by atoms with E-state index in [0.29, 0.717) is 35.1 Å². The fourth-order valence-corrected chi connectivity index (χ4v) is 1.77. The third kappa shape index (κ3) is 2.98. The number of carbonyl (C=O) groups excluding carboxylic acids is 1. The first kappa shape index (κ1) is 14.5. The molecule has 0 aliphatic carbocycles. The number of aromatic amines is 1. The van der Waals surface area contributed by atoms with E-state index in [9.17, 15) is 4.79 Å². The van der Waals surface area contributed by atoms with E-state index in [-0.39, 0.29) is 5.78 Å². The van der Waals surface area contributed by atoms with Crippen LogP contribution in [0.15, 0.2) is 12.4 Å². The topological polar surface area (TPSA) is 67.9 Å². The molecule has 0 saturated carbocycles. The zero-order chi connectivity index (χ0) is 14.9. The van der Waals surface area contributed by atoms with Gasteiger partial charge in [-0.05, 0) is 5.92 Å². The van der Waals surface area contributed by atoms with Crippen LogP contribution in [0.1, 0.15) is 45.0 Å². The highest BCUT2D eigenvalue weighted by molar-refractivity contribution is 6.08. The predicted molar refractivity (Wildman–Crippen MR) is 78.0 cm³/mol. The number of nitrogens with zero attached hydrogens (tertiary/aromatic N) is 2. The monoisotopic (exact) mass is 275 g/mol. The molecule has 108 valence electrons. The number of fused-ring (bicyclic) bond motifs is 1. The van der Waals surface area contributed by atoms with Gasteiger partial charge < -0.3 is 9.72 Å². The number of carbonyl (C=O) groups is 1. The second-order valence-corrected chi connectivity index (χ2v) is 6.39. The van der Waals surface area contributed by atoms with Crippen LogP contribution in [0.3, 0.4) is 0 Å². The summed E-state index contributed by atoms with van der Waals surface area (Å²) in [7, 11) is 0. The van der Waals surface area contributed by atoms with E-state index in [0.717, 1.165) is 0 Å². The summed E-state index contributed by atoms with van der Waals surface area (Å²) in [5.41, 5.74) is 1.29. The van der Waals surface area contributed by atoms with Crippen LogP contribution in [0.5, 0.6) is 5.88 Å². The van der Waals surface area contributed by atoms with Crippen molar-refractivity contribution in [1.82, 2.24) is 15.0 Å². The van der Waals surface area contributed by atoms with Gasteiger partial charge in [0.25, 0.3) is 0 Å². The molecule has 2 rings (SSSR count). The highest BCUT2D eigenvalue weighted by Crippen LogP contribution is 2.25. The molecule has 0 spiro atoms.